The molecule has 0 radical (unpaired) electrons. The van der Waals surface area contributed by atoms with Crippen molar-refractivity contribution in [3.63, 3.8) is 0 Å². The van der Waals surface area contributed by atoms with Crippen molar-refractivity contribution in [1.29, 1.82) is 0 Å². The summed E-state index contributed by atoms with van der Waals surface area (Å²) < 4.78 is 0. The second-order valence-electron chi connectivity index (χ2n) is 4.51. The maximum atomic E-state index is 5.96. The summed E-state index contributed by atoms with van der Waals surface area (Å²) in [5.41, 5.74) is 6.20. The molecule has 0 unspecified atom stereocenters. The number of nitrogens with zero attached hydrogens (tertiary/aromatic N) is 1. The summed E-state index contributed by atoms with van der Waals surface area (Å²) in [6, 6.07) is 0. The fraction of sp³-hybridized carbons (Fsp3) is 0.900. The minimum absolute atomic E-state index is 0.243. The maximum Gasteiger partial charge on any atom is 0.0975 e. The fourth-order valence-electron chi connectivity index (χ4n) is 1.92. The SMILES string of the molecule is CC1(N=C(N)C2CCCC2)CC1. The van der Waals surface area contributed by atoms with Crippen LogP contribution in [0.1, 0.15) is 45.4 Å². The normalized spacial score (nSPS) is 29.2. The van der Waals surface area contributed by atoms with Crippen molar-refractivity contribution in [2.45, 2.75) is 51.0 Å². The molecule has 0 spiro atoms. The van der Waals surface area contributed by atoms with Gasteiger partial charge in [-0.1, -0.05) is 12.8 Å². The first-order chi connectivity index (χ1) is 5.70. The Labute approximate surface area is 74.2 Å². The van der Waals surface area contributed by atoms with E-state index in [0.717, 1.165) is 5.84 Å². The average molecular weight is 166 g/mol. The molecule has 68 valence electrons. The zero-order valence-corrected chi connectivity index (χ0v) is 7.84. The van der Waals surface area contributed by atoms with Gasteiger partial charge in [-0.15, -0.1) is 0 Å². The van der Waals surface area contributed by atoms with Gasteiger partial charge < -0.3 is 5.73 Å². The van der Waals surface area contributed by atoms with Crippen LogP contribution in [0.25, 0.3) is 0 Å². The quantitative estimate of drug-likeness (QED) is 0.495. The minimum Gasteiger partial charge on any atom is -0.387 e. The lowest BCUT2D eigenvalue weighted by atomic mass is 10.1. The lowest BCUT2D eigenvalue weighted by Gasteiger charge is -2.10. The maximum absolute atomic E-state index is 5.96. The molecule has 2 heteroatoms. The van der Waals surface area contributed by atoms with E-state index in [1.165, 1.54) is 38.5 Å². The summed E-state index contributed by atoms with van der Waals surface area (Å²) in [6.07, 6.45) is 7.70. The van der Waals surface area contributed by atoms with Crippen LogP contribution in [-0.4, -0.2) is 11.4 Å². The molecular weight excluding hydrogens is 148 g/mol. The molecule has 0 saturated heterocycles. The van der Waals surface area contributed by atoms with Crippen LogP contribution in [0.2, 0.25) is 0 Å². The first-order valence-corrected chi connectivity index (χ1v) is 5.05. The Hall–Kier alpha value is -0.530. The summed E-state index contributed by atoms with van der Waals surface area (Å²) in [7, 11) is 0. The Kier molecular flexibility index (Phi) is 1.85. The Morgan fingerprint density at radius 3 is 2.42 bits per heavy atom. The molecule has 2 N–H and O–H groups in total. The molecule has 0 bridgehead atoms. The smallest absolute Gasteiger partial charge is 0.0975 e. The number of hydrogen-bond acceptors (Lipinski definition) is 1. The zero-order valence-electron chi connectivity index (χ0n) is 7.84. The lowest BCUT2D eigenvalue weighted by molar-refractivity contribution is 0.686. The summed E-state index contributed by atoms with van der Waals surface area (Å²) >= 11 is 0. The molecule has 0 aromatic heterocycles. The van der Waals surface area contributed by atoms with Crippen LogP contribution in [0.4, 0.5) is 0 Å². The largest absolute Gasteiger partial charge is 0.387 e. The van der Waals surface area contributed by atoms with Crippen LogP contribution in [0, 0.1) is 5.92 Å². The van der Waals surface area contributed by atoms with Crippen molar-refractivity contribution >= 4 is 5.84 Å². The van der Waals surface area contributed by atoms with Crippen LogP contribution in [0.15, 0.2) is 4.99 Å². The summed E-state index contributed by atoms with van der Waals surface area (Å²) in [5.74, 6) is 1.55. The minimum atomic E-state index is 0.243. The van der Waals surface area contributed by atoms with Crippen LogP contribution < -0.4 is 5.73 Å². The third-order valence-electron chi connectivity index (χ3n) is 3.15. The highest BCUT2D eigenvalue weighted by Gasteiger charge is 2.37. The fourth-order valence-corrected chi connectivity index (χ4v) is 1.92. The van der Waals surface area contributed by atoms with E-state index >= 15 is 0 Å². The molecule has 2 fully saturated rings. The number of hydrogen-bond donors (Lipinski definition) is 1. The van der Waals surface area contributed by atoms with Gasteiger partial charge in [-0.05, 0) is 32.6 Å². The zero-order chi connectivity index (χ0) is 8.60. The van der Waals surface area contributed by atoms with Gasteiger partial charge in [0.2, 0.25) is 0 Å². The first kappa shape index (κ1) is 8.09. The van der Waals surface area contributed by atoms with Crippen LogP contribution in [-0.2, 0) is 0 Å². The van der Waals surface area contributed by atoms with Gasteiger partial charge >= 0.3 is 0 Å². The van der Waals surface area contributed by atoms with Crippen molar-refractivity contribution in [1.82, 2.24) is 0 Å². The van der Waals surface area contributed by atoms with Crippen LogP contribution in [0.3, 0.4) is 0 Å². The van der Waals surface area contributed by atoms with E-state index in [9.17, 15) is 0 Å². The van der Waals surface area contributed by atoms with Crippen molar-refractivity contribution in [3.8, 4) is 0 Å². The van der Waals surface area contributed by atoms with E-state index < -0.39 is 0 Å². The third-order valence-corrected chi connectivity index (χ3v) is 3.15. The van der Waals surface area contributed by atoms with Crippen LogP contribution in [0.5, 0.6) is 0 Å². The highest BCUT2D eigenvalue weighted by molar-refractivity contribution is 5.83. The second-order valence-corrected chi connectivity index (χ2v) is 4.51. The van der Waals surface area contributed by atoms with E-state index in [1.807, 2.05) is 0 Å². The molecule has 0 aliphatic heterocycles. The molecule has 0 amide bonds. The Balaban J connectivity index is 1.97. The molecule has 2 aliphatic rings. The first-order valence-electron chi connectivity index (χ1n) is 5.05. The standard InChI is InChI=1S/C10H18N2/c1-10(6-7-10)12-9(11)8-4-2-3-5-8/h8H,2-7H2,1H3,(H2,11,12). The van der Waals surface area contributed by atoms with E-state index in [2.05, 4.69) is 11.9 Å². The van der Waals surface area contributed by atoms with E-state index in [0.29, 0.717) is 5.92 Å². The Morgan fingerprint density at radius 2 is 1.92 bits per heavy atom. The monoisotopic (exact) mass is 166 g/mol. The summed E-state index contributed by atoms with van der Waals surface area (Å²) in [5, 5.41) is 0. The van der Waals surface area contributed by atoms with E-state index in [1.54, 1.807) is 0 Å². The van der Waals surface area contributed by atoms with Gasteiger partial charge in [0.05, 0.1) is 11.4 Å². The third kappa shape index (κ3) is 1.62. The number of rotatable bonds is 2. The molecule has 0 aromatic rings. The molecule has 2 aliphatic carbocycles. The van der Waals surface area contributed by atoms with Crippen LogP contribution >= 0.6 is 0 Å². The summed E-state index contributed by atoms with van der Waals surface area (Å²) in [6.45, 7) is 2.20. The molecule has 0 aromatic carbocycles. The second kappa shape index (κ2) is 2.75. The molecule has 2 saturated carbocycles. The average Bonchev–Trinajstić information content (AvgIpc) is 2.55. The molecule has 2 rings (SSSR count). The Morgan fingerprint density at radius 1 is 1.33 bits per heavy atom. The summed E-state index contributed by atoms with van der Waals surface area (Å²) in [4.78, 5) is 4.60. The van der Waals surface area contributed by atoms with Gasteiger partial charge in [0.1, 0.15) is 0 Å². The number of aliphatic imine (C=N–C) groups is 1. The topological polar surface area (TPSA) is 38.4 Å². The molecule has 0 atom stereocenters. The molecular formula is C10H18N2. The lowest BCUT2D eigenvalue weighted by Crippen LogP contribution is -2.23. The van der Waals surface area contributed by atoms with Crippen molar-refractivity contribution in [2.24, 2.45) is 16.6 Å². The van der Waals surface area contributed by atoms with Gasteiger partial charge in [-0.25, -0.2) is 0 Å². The highest BCUT2D eigenvalue weighted by Crippen LogP contribution is 2.39. The van der Waals surface area contributed by atoms with E-state index in [4.69, 9.17) is 5.73 Å². The van der Waals surface area contributed by atoms with Crippen molar-refractivity contribution < 1.29 is 0 Å². The van der Waals surface area contributed by atoms with Crippen molar-refractivity contribution in [2.75, 3.05) is 0 Å². The molecule has 2 nitrogen and oxygen atoms in total. The predicted octanol–water partition coefficient (Wildman–Crippen LogP) is 2.09. The van der Waals surface area contributed by atoms with Crippen molar-refractivity contribution in [3.05, 3.63) is 0 Å². The number of amidine groups is 1. The van der Waals surface area contributed by atoms with E-state index in [-0.39, 0.29) is 5.54 Å². The predicted molar refractivity (Wildman–Crippen MR) is 51.2 cm³/mol. The number of nitrogens with two attached hydrogens (primary N) is 1. The van der Waals surface area contributed by atoms with Gasteiger partial charge in [0, 0.05) is 5.92 Å². The van der Waals surface area contributed by atoms with Gasteiger partial charge in [-0.2, -0.15) is 0 Å². The highest BCUT2D eigenvalue weighted by atomic mass is 15.0. The molecule has 12 heavy (non-hydrogen) atoms. The van der Waals surface area contributed by atoms with Gasteiger partial charge in [0.25, 0.3) is 0 Å². The molecule has 0 heterocycles. The van der Waals surface area contributed by atoms with Gasteiger partial charge in [-0.3, -0.25) is 4.99 Å². The van der Waals surface area contributed by atoms with Gasteiger partial charge in [0.15, 0.2) is 0 Å². The Bertz CT molecular complexity index is 198.